The van der Waals surface area contributed by atoms with Crippen molar-refractivity contribution in [1.29, 1.82) is 0 Å². The molecular weight excluding hydrogens is 346 g/mol. The van der Waals surface area contributed by atoms with Crippen LogP contribution in [0.4, 0.5) is 8.78 Å². The molecule has 0 spiro atoms. The van der Waals surface area contributed by atoms with E-state index in [1.165, 1.54) is 22.3 Å². The molecule has 1 aromatic carbocycles. The van der Waals surface area contributed by atoms with Gasteiger partial charge in [0.15, 0.2) is 0 Å². The summed E-state index contributed by atoms with van der Waals surface area (Å²) in [4.78, 5) is 26.5. The van der Waals surface area contributed by atoms with Crippen molar-refractivity contribution in [2.24, 2.45) is 5.92 Å². The molecule has 7 heteroatoms. The van der Waals surface area contributed by atoms with Gasteiger partial charge in [0.05, 0.1) is 0 Å². The van der Waals surface area contributed by atoms with Crippen LogP contribution >= 0.6 is 11.3 Å². The molecule has 25 heavy (non-hydrogen) atoms. The number of halogens is 2. The molecule has 1 aromatic heterocycles. The Hall–Kier alpha value is -2.28. The van der Waals surface area contributed by atoms with Gasteiger partial charge in [-0.25, -0.2) is 8.78 Å². The van der Waals surface area contributed by atoms with E-state index in [1.807, 2.05) is 16.8 Å². The summed E-state index contributed by atoms with van der Waals surface area (Å²) >= 11 is 1.53. The maximum atomic E-state index is 13.8. The van der Waals surface area contributed by atoms with Crippen LogP contribution in [0.2, 0.25) is 0 Å². The summed E-state index contributed by atoms with van der Waals surface area (Å²) < 4.78 is 27.5. The first-order valence-electron chi connectivity index (χ1n) is 7.82. The standard InChI is InChI=1S/C18H20F2N2O2S/c1-11(2)16(18(24)22(3)9-12-7-8-25-10-12)21-17(23)15-13(19)5-4-6-14(15)20/h4-8,10-11,16H,9H2,1-3H3,(H,21,23). The maximum absolute atomic E-state index is 13.8. The Labute approximate surface area is 149 Å². The van der Waals surface area contributed by atoms with E-state index in [0.29, 0.717) is 6.54 Å². The topological polar surface area (TPSA) is 49.4 Å². The second kappa shape index (κ2) is 8.20. The molecule has 0 aliphatic rings. The number of amides is 2. The SMILES string of the molecule is CC(C)C(NC(=O)c1c(F)cccc1F)C(=O)N(C)Cc1ccsc1. The molecule has 0 saturated heterocycles. The molecule has 4 nitrogen and oxygen atoms in total. The molecule has 2 rings (SSSR count). The van der Waals surface area contributed by atoms with Gasteiger partial charge in [0.2, 0.25) is 5.91 Å². The van der Waals surface area contributed by atoms with Crippen LogP contribution in [0.15, 0.2) is 35.0 Å². The van der Waals surface area contributed by atoms with E-state index < -0.39 is 29.1 Å². The fourth-order valence-electron chi connectivity index (χ4n) is 2.41. The summed E-state index contributed by atoms with van der Waals surface area (Å²) in [6.45, 7) is 3.92. The highest BCUT2D eigenvalue weighted by Gasteiger charge is 2.29. The second-order valence-corrected chi connectivity index (χ2v) is 6.90. The van der Waals surface area contributed by atoms with Crippen molar-refractivity contribution in [2.45, 2.75) is 26.4 Å². The third-order valence-corrected chi connectivity index (χ3v) is 4.52. The van der Waals surface area contributed by atoms with Crippen LogP contribution in [-0.2, 0) is 11.3 Å². The average Bonchev–Trinajstić information content (AvgIpc) is 3.04. The third-order valence-electron chi connectivity index (χ3n) is 3.79. The number of hydrogen-bond acceptors (Lipinski definition) is 3. The molecule has 2 amide bonds. The molecule has 0 bridgehead atoms. The molecule has 0 fully saturated rings. The van der Waals surface area contributed by atoms with E-state index in [1.54, 1.807) is 20.9 Å². The Morgan fingerprint density at radius 1 is 1.20 bits per heavy atom. The molecule has 134 valence electrons. The molecular formula is C18H20F2N2O2S. The van der Waals surface area contributed by atoms with Gasteiger partial charge in [0, 0.05) is 13.6 Å². The van der Waals surface area contributed by atoms with Gasteiger partial charge in [0.25, 0.3) is 5.91 Å². The smallest absolute Gasteiger partial charge is 0.257 e. The lowest BCUT2D eigenvalue weighted by Gasteiger charge is -2.27. The van der Waals surface area contributed by atoms with Crippen molar-refractivity contribution in [2.75, 3.05) is 7.05 Å². The van der Waals surface area contributed by atoms with E-state index in [2.05, 4.69) is 5.32 Å². The monoisotopic (exact) mass is 366 g/mol. The largest absolute Gasteiger partial charge is 0.340 e. The van der Waals surface area contributed by atoms with Crippen LogP contribution in [-0.4, -0.2) is 29.8 Å². The van der Waals surface area contributed by atoms with Crippen molar-refractivity contribution >= 4 is 23.2 Å². The minimum absolute atomic E-state index is 0.240. The van der Waals surface area contributed by atoms with E-state index >= 15 is 0 Å². The van der Waals surface area contributed by atoms with Crippen molar-refractivity contribution in [1.82, 2.24) is 10.2 Å². The second-order valence-electron chi connectivity index (χ2n) is 6.12. The Balaban J connectivity index is 2.14. The van der Waals surface area contributed by atoms with E-state index in [9.17, 15) is 18.4 Å². The minimum atomic E-state index is -0.959. The van der Waals surface area contributed by atoms with Gasteiger partial charge >= 0.3 is 0 Å². The van der Waals surface area contributed by atoms with Crippen molar-refractivity contribution < 1.29 is 18.4 Å². The lowest BCUT2D eigenvalue weighted by molar-refractivity contribution is -0.133. The van der Waals surface area contributed by atoms with Gasteiger partial charge in [-0.1, -0.05) is 19.9 Å². The Kier molecular flexibility index (Phi) is 6.25. The summed E-state index contributed by atoms with van der Waals surface area (Å²) in [5.41, 5.74) is 0.302. The first kappa shape index (κ1) is 19.1. The van der Waals surface area contributed by atoms with Crippen LogP contribution in [0.5, 0.6) is 0 Å². The molecule has 0 aliphatic heterocycles. The summed E-state index contributed by atoms with van der Waals surface area (Å²) in [6, 6.07) is 4.22. The normalized spacial score (nSPS) is 12.1. The number of benzene rings is 1. The Morgan fingerprint density at radius 3 is 2.36 bits per heavy atom. The summed E-state index contributed by atoms with van der Waals surface area (Å²) in [7, 11) is 1.63. The van der Waals surface area contributed by atoms with Gasteiger partial charge in [-0.15, -0.1) is 0 Å². The first-order valence-corrected chi connectivity index (χ1v) is 8.76. The Bertz CT molecular complexity index is 727. The number of nitrogens with zero attached hydrogens (tertiary/aromatic N) is 1. The van der Waals surface area contributed by atoms with Gasteiger partial charge in [-0.3, -0.25) is 9.59 Å². The van der Waals surface area contributed by atoms with Crippen LogP contribution in [0, 0.1) is 17.6 Å². The molecule has 0 saturated carbocycles. The summed E-state index contributed by atoms with van der Waals surface area (Å²) in [5, 5.41) is 6.31. The lowest BCUT2D eigenvalue weighted by atomic mass is 10.0. The average molecular weight is 366 g/mol. The third kappa shape index (κ3) is 4.63. The van der Waals surface area contributed by atoms with E-state index in [-0.39, 0.29) is 11.8 Å². The fraction of sp³-hybridized carbons (Fsp3) is 0.333. The fourth-order valence-corrected chi connectivity index (χ4v) is 3.07. The molecule has 1 atom stereocenters. The summed E-state index contributed by atoms with van der Waals surface area (Å²) in [6.07, 6.45) is 0. The lowest BCUT2D eigenvalue weighted by Crippen LogP contribution is -2.50. The van der Waals surface area contributed by atoms with Gasteiger partial charge in [-0.05, 0) is 40.4 Å². The van der Waals surface area contributed by atoms with Gasteiger partial charge in [0.1, 0.15) is 23.2 Å². The molecule has 1 N–H and O–H groups in total. The number of nitrogens with one attached hydrogen (secondary N) is 1. The highest BCUT2D eigenvalue weighted by Crippen LogP contribution is 2.15. The number of carbonyl (C=O) groups is 2. The van der Waals surface area contributed by atoms with Crippen LogP contribution < -0.4 is 5.32 Å². The van der Waals surface area contributed by atoms with Crippen molar-refractivity contribution in [3.8, 4) is 0 Å². The molecule has 1 heterocycles. The molecule has 0 radical (unpaired) electrons. The number of rotatable bonds is 6. The Morgan fingerprint density at radius 2 is 1.84 bits per heavy atom. The van der Waals surface area contributed by atoms with E-state index in [4.69, 9.17) is 0 Å². The zero-order valence-corrected chi connectivity index (χ0v) is 15.1. The van der Waals surface area contributed by atoms with Crippen molar-refractivity contribution in [3.63, 3.8) is 0 Å². The van der Waals surface area contributed by atoms with Crippen LogP contribution in [0.25, 0.3) is 0 Å². The number of likely N-dealkylation sites (N-methyl/N-ethyl adjacent to an activating group) is 1. The molecule has 1 unspecified atom stereocenters. The van der Waals surface area contributed by atoms with Crippen molar-refractivity contribution in [3.05, 3.63) is 57.8 Å². The number of thiophene rings is 1. The predicted molar refractivity (Wildman–Crippen MR) is 93.2 cm³/mol. The zero-order valence-electron chi connectivity index (χ0n) is 14.3. The minimum Gasteiger partial charge on any atom is -0.340 e. The van der Waals surface area contributed by atoms with E-state index in [0.717, 1.165) is 17.7 Å². The summed E-state index contributed by atoms with van der Waals surface area (Å²) in [5.74, 6) is -3.41. The predicted octanol–water partition coefficient (Wildman–Crippen LogP) is 3.44. The number of hydrogen-bond donors (Lipinski definition) is 1. The zero-order chi connectivity index (χ0) is 18.6. The molecule has 2 aromatic rings. The maximum Gasteiger partial charge on any atom is 0.257 e. The van der Waals surface area contributed by atoms with Gasteiger partial charge < -0.3 is 10.2 Å². The quantitative estimate of drug-likeness (QED) is 0.851. The molecule has 0 aliphatic carbocycles. The highest BCUT2D eigenvalue weighted by molar-refractivity contribution is 7.07. The first-order chi connectivity index (χ1) is 11.8. The van der Waals surface area contributed by atoms with Crippen LogP contribution in [0.3, 0.4) is 0 Å². The number of carbonyl (C=O) groups excluding carboxylic acids is 2. The highest BCUT2D eigenvalue weighted by atomic mass is 32.1. The van der Waals surface area contributed by atoms with Crippen LogP contribution in [0.1, 0.15) is 29.8 Å². The van der Waals surface area contributed by atoms with Gasteiger partial charge in [-0.2, -0.15) is 11.3 Å².